The Labute approximate surface area is 91.3 Å². The van der Waals surface area contributed by atoms with Gasteiger partial charge in [0.2, 0.25) is 0 Å². The van der Waals surface area contributed by atoms with Crippen molar-refractivity contribution in [2.24, 2.45) is 0 Å². The van der Waals surface area contributed by atoms with Gasteiger partial charge in [-0.15, -0.1) is 0 Å². The molecule has 0 N–H and O–H groups in total. The van der Waals surface area contributed by atoms with Crippen molar-refractivity contribution in [1.82, 2.24) is 0 Å². The maximum atomic E-state index is 2.35. The van der Waals surface area contributed by atoms with Gasteiger partial charge in [0.05, 0.1) is 0 Å². The zero-order valence-corrected chi connectivity index (χ0v) is 9.38. The summed E-state index contributed by atoms with van der Waals surface area (Å²) in [6.07, 6.45) is 7.05. The lowest BCUT2D eigenvalue weighted by atomic mass is 9.79. The van der Waals surface area contributed by atoms with Crippen LogP contribution in [-0.4, -0.2) is 0 Å². The molecule has 0 unspecified atom stereocenters. The molecule has 0 radical (unpaired) electrons. The highest BCUT2D eigenvalue weighted by atomic mass is 14.4. The quantitative estimate of drug-likeness (QED) is 0.586. The van der Waals surface area contributed by atoms with E-state index >= 15 is 0 Å². The first kappa shape index (κ1) is 8.96. The van der Waals surface area contributed by atoms with Crippen molar-refractivity contribution in [3.63, 3.8) is 0 Å². The molecule has 0 amide bonds. The molecule has 2 aliphatic carbocycles. The molecule has 0 nitrogen and oxygen atoms in total. The first-order valence-electron chi connectivity index (χ1n) is 5.71. The van der Waals surface area contributed by atoms with E-state index in [4.69, 9.17) is 0 Å². The van der Waals surface area contributed by atoms with Crippen LogP contribution in [0.1, 0.15) is 37.8 Å². The van der Waals surface area contributed by atoms with E-state index < -0.39 is 0 Å². The van der Waals surface area contributed by atoms with Crippen molar-refractivity contribution in [3.8, 4) is 0 Å². The molecule has 0 heterocycles. The molecule has 0 aromatic heterocycles. The van der Waals surface area contributed by atoms with E-state index in [2.05, 4.69) is 50.3 Å². The van der Waals surface area contributed by atoms with Gasteiger partial charge in [-0.05, 0) is 29.5 Å². The SMILES string of the molecule is CC1(C)C2=C(C=CCC2)c2ccccc21. The lowest BCUT2D eigenvalue weighted by Gasteiger charge is -2.25. The lowest BCUT2D eigenvalue weighted by Crippen LogP contribution is -2.17. The molecule has 76 valence electrons. The summed E-state index contributed by atoms with van der Waals surface area (Å²) in [5.41, 5.74) is 6.32. The van der Waals surface area contributed by atoms with Gasteiger partial charge in [0, 0.05) is 5.41 Å². The standard InChI is InChI=1S/C15H16/c1-15(2)13-9-5-3-7-11(13)12-8-4-6-10-14(12)15/h3-5,7-9H,6,10H2,1-2H3. The molecule has 0 spiro atoms. The monoisotopic (exact) mass is 196 g/mol. The van der Waals surface area contributed by atoms with Gasteiger partial charge in [-0.1, -0.05) is 55.8 Å². The third-order valence-electron chi connectivity index (χ3n) is 3.82. The summed E-state index contributed by atoms with van der Waals surface area (Å²) >= 11 is 0. The Kier molecular flexibility index (Phi) is 1.70. The molecule has 0 fully saturated rings. The van der Waals surface area contributed by atoms with Crippen molar-refractivity contribution in [2.75, 3.05) is 0 Å². The maximum Gasteiger partial charge on any atom is 0.0120 e. The summed E-state index contributed by atoms with van der Waals surface area (Å²) < 4.78 is 0. The minimum absolute atomic E-state index is 0.247. The molecular weight excluding hydrogens is 180 g/mol. The highest BCUT2D eigenvalue weighted by molar-refractivity contribution is 5.86. The summed E-state index contributed by atoms with van der Waals surface area (Å²) in [5, 5.41) is 0. The van der Waals surface area contributed by atoms with Crippen LogP contribution < -0.4 is 0 Å². The van der Waals surface area contributed by atoms with E-state index in [-0.39, 0.29) is 5.41 Å². The normalized spacial score (nSPS) is 21.5. The van der Waals surface area contributed by atoms with E-state index in [1.807, 2.05) is 0 Å². The highest BCUT2D eigenvalue weighted by Gasteiger charge is 2.36. The van der Waals surface area contributed by atoms with Crippen molar-refractivity contribution in [1.29, 1.82) is 0 Å². The Morgan fingerprint density at radius 3 is 2.80 bits per heavy atom. The molecule has 15 heavy (non-hydrogen) atoms. The van der Waals surface area contributed by atoms with E-state index in [1.54, 1.807) is 5.57 Å². The molecule has 0 aliphatic heterocycles. The van der Waals surface area contributed by atoms with Crippen LogP contribution in [0, 0.1) is 0 Å². The lowest BCUT2D eigenvalue weighted by molar-refractivity contribution is 0.607. The van der Waals surface area contributed by atoms with Gasteiger partial charge >= 0.3 is 0 Å². The molecule has 0 bridgehead atoms. The Balaban J connectivity index is 2.30. The largest absolute Gasteiger partial charge is 0.0836 e. The number of hydrogen-bond acceptors (Lipinski definition) is 0. The average Bonchev–Trinajstić information content (AvgIpc) is 2.51. The van der Waals surface area contributed by atoms with Gasteiger partial charge in [0.1, 0.15) is 0 Å². The highest BCUT2D eigenvalue weighted by Crippen LogP contribution is 2.49. The molecule has 0 heteroatoms. The summed E-state index contributed by atoms with van der Waals surface area (Å²) in [5.74, 6) is 0. The average molecular weight is 196 g/mol. The number of hydrogen-bond donors (Lipinski definition) is 0. The fourth-order valence-electron chi connectivity index (χ4n) is 2.99. The van der Waals surface area contributed by atoms with Crippen LogP contribution in [-0.2, 0) is 5.41 Å². The van der Waals surface area contributed by atoms with Gasteiger partial charge in [-0.3, -0.25) is 0 Å². The van der Waals surface area contributed by atoms with Crippen molar-refractivity contribution in [2.45, 2.75) is 32.1 Å². The van der Waals surface area contributed by atoms with E-state index in [0.29, 0.717) is 0 Å². The second-order valence-corrected chi connectivity index (χ2v) is 5.00. The Morgan fingerprint density at radius 1 is 1.13 bits per heavy atom. The smallest absolute Gasteiger partial charge is 0.0120 e. The van der Waals surface area contributed by atoms with Crippen molar-refractivity contribution >= 4 is 5.57 Å². The van der Waals surface area contributed by atoms with Gasteiger partial charge in [0.15, 0.2) is 0 Å². The van der Waals surface area contributed by atoms with Crippen LogP contribution in [0.5, 0.6) is 0 Å². The molecule has 2 aliphatic rings. The van der Waals surface area contributed by atoms with Crippen LogP contribution in [0.25, 0.3) is 5.57 Å². The minimum Gasteiger partial charge on any atom is -0.0836 e. The van der Waals surface area contributed by atoms with Crippen molar-refractivity contribution < 1.29 is 0 Å². The zero-order valence-electron chi connectivity index (χ0n) is 9.38. The Bertz CT molecular complexity index is 473. The molecule has 1 aromatic carbocycles. The topological polar surface area (TPSA) is 0 Å². The second kappa shape index (κ2) is 2.85. The van der Waals surface area contributed by atoms with E-state index in [9.17, 15) is 0 Å². The van der Waals surface area contributed by atoms with Gasteiger partial charge in [-0.25, -0.2) is 0 Å². The fourth-order valence-corrected chi connectivity index (χ4v) is 2.99. The second-order valence-electron chi connectivity index (χ2n) is 5.00. The molecular formula is C15H16. The Hall–Kier alpha value is -1.30. The number of benzene rings is 1. The Morgan fingerprint density at radius 2 is 1.93 bits per heavy atom. The maximum absolute atomic E-state index is 2.35. The number of rotatable bonds is 0. The van der Waals surface area contributed by atoms with Gasteiger partial charge in [-0.2, -0.15) is 0 Å². The van der Waals surface area contributed by atoms with Crippen molar-refractivity contribution in [3.05, 3.63) is 53.1 Å². The van der Waals surface area contributed by atoms with Crippen LogP contribution in [0.2, 0.25) is 0 Å². The van der Waals surface area contributed by atoms with Gasteiger partial charge < -0.3 is 0 Å². The molecule has 1 aromatic rings. The first-order valence-corrected chi connectivity index (χ1v) is 5.71. The minimum atomic E-state index is 0.247. The van der Waals surface area contributed by atoms with Crippen LogP contribution >= 0.6 is 0 Å². The summed E-state index contributed by atoms with van der Waals surface area (Å²) in [7, 11) is 0. The first-order chi connectivity index (χ1) is 7.21. The summed E-state index contributed by atoms with van der Waals surface area (Å²) in [6.45, 7) is 4.71. The van der Waals surface area contributed by atoms with E-state index in [0.717, 1.165) is 0 Å². The van der Waals surface area contributed by atoms with Crippen LogP contribution in [0.15, 0.2) is 42.0 Å². The fraction of sp³-hybridized carbons (Fsp3) is 0.333. The summed E-state index contributed by atoms with van der Waals surface area (Å²) in [4.78, 5) is 0. The van der Waals surface area contributed by atoms with Gasteiger partial charge in [0.25, 0.3) is 0 Å². The summed E-state index contributed by atoms with van der Waals surface area (Å²) in [6, 6.07) is 8.84. The molecule has 0 saturated heterocycles. The molecule has 0 atom stereocenters. The predicted octanol–water partition coefficient (Wildman–Crippen LogP) is 4.08. The third kappa shape index (κ3) is 1.08. The number of allylic oxidation sites excluding steroid dienone is 4. The zero-order chi connectivity index (χ0) is 10.5. The number of fused-ring (bicyclic) bond motifs is 2. The van der Waals surface area contributed by atoms with E-state index in [1.165, 1.54) is 29.5 Å². The predicted molar refractivity (Wildman–Crippen MR) is 64.8 cm³/mol. The molecule has 3 rings (SSSR count). The molecule has 0 saturated carbocycles. The van der Waals surface area contributed by atoms with Crippen LogP contribution in [0.3, 0.4) is 0 Å². The van der Waals surface area contributed by atoms with Crippen LogP contribution in [0.4, 0.5) is 0 Å². The third-order valence-corrected chi connectivity index (χ3v) is 3.82.